The van der Waals surface area contributed by atoms with Gasteiger partial charge in [0.15, 0.2) is 0 Å². The number of carbonyl (C=O) groups is 1. The number of alkyl halides is 1. The highest BCUT2D eigenvalue weighted by molar-refractivity contribution is 5.79. The third-order valence-corrected chi connectivity index (χ3v) is 3.89. The Balaban J connectivity index is 1.90. The van der Waals surface area contributed by atoms with Crippen molar-refractivity contribution in [2.75, 3.05) is 32.9 Å². The Morgan fingerprint density at radius 2 is 2.29 bits per heavy atom. The zero-order valence-electron chi connectivity index (χ0n) is 10.1. The topological polar surface area (TPSA) is 52.6 Å². The van der Waals surface area contributed by atoms with Crippen molar-refractivity contribution in [3.8, 4) is 0 Å². The minimum absolute atomic E-state index is 0.0799. The number of carbonyl (C=O) groups excluding carboxylic acids is 1. The van der Waals surface area contributed by atoms with Gasteiger partial charge in [-0.15, -0.1) is 0 Å². The van der Waals surface area contributed by atoms with Gasteiger partial charge >= 0.3 is 0 Å². The van der Waals surface area contributed by atoms with E-state index in [1.807, 2.05) is 4.90 Å². The first-order valence-corrected chi connectivity index (χ1v) is 6.46. The average Bonchev–Trinajstić information content (AvgIpc) is 2.85. The highest BCUT2D eigenvalue weighted by atomic mass is 19.1. The van der Waals surface area contributed by atoms with Crippen LogP contribution >= 0.6 is 0 Å². The van der Waals surface area contributed by atoms with Crippen LogP contribution in [-0.2, 0) is 4.79 Å². The van der Waals surface area contributed by atoms with Crippen LogP contribution in [0.1, 0.15) is 19.3 Å². The third kappa shape index (κ3) is 2.96. The molecule has 2 fully saturated rings. The molecule has 3 atom stereocenters. The van der Waals surface area contributed by atoms with Gasteiger partial charge in [-0.25, -0.2) is 0 Å². The molecule has 2 heterocycles. The molecule has 0 bridgehead atoms. The van der Waals surface area contributed by atoms with Gasteiger partial charge in [0, 0.05) is 25.6 Å². The van der Waals surface area contributed by atoms with Crippen LogP contribution in [-0.4, -0.2) is 54.9 Å². The lowest BCUT2D eigenvalue weighted by Crippen LogP contribution is -2.48. The molecule has 0 aromatic heterocycles. The fraction of sp³-hybridized carbons (Fsp3) is 0.917. The van der Waals surface area contributed by atoms with E-state index in [9.17, 15) is 14.3 Å². The van der Waals surface area contributed by atoms with Crippen LogP contribution < -0.4 is 5.32 Å². The molecule has 2 N–H and O–H groups in total. The number of nitrogens with one attached hydrogen (secondary N) is 1. The SMILES string of the molecule is O=C([C@@H]1CCNC1)N1CC[C@@H](O)[C@@H](CCF)C1. The number of hydrogen-bond donors (Lipinski definition) is 2. The van der Waals surface area contributed by atoms with Crippen molar-refractivity contribution in [1.82, 2.24) is 10.2 Å². The summed E-state index contributed by atoms with van der Waals surface area (Å²) in [7, 11) is 0. The van der Waals surface area contributed by atoms with Gasteiger partial charge in [0.1, 0.15) is 0 Å². The molecule has 98 valence electrons. The molecule has 2 rings (SSSR count). The summed E-state index contributed by atoms with van der Waals surface area (Å²) in [5.41, 5.74) is 0. The zero-order valence-corrected chi connectivity index (χ0v) is 10.1. The number of rotatable bonds is 3. The second-order valence-electron chi connectivity index (χ2n) is 5.07. The van der Waals surface area contributed by atoms with Crippen molar-refractivity contribution >= 4 is 5.91 Å². The predicted octanol–water partition coefficient (Wildman–Crippen LogP) is 0.165. The van der Waals surface area contributed by atoms with Crippen molar-refractivity contribution < 1.29 is 14.3 Å². The van der Waals surface area contributed by atoms with Gasteiger partial charge in [-0.1, -0.05) is 0 Å². The molecule has 2 aliphatic rings. The minimum Gasteiger partial charge on any atom is -0.393 e. The summed E-state index contributed by atoms with van der Waals surface area (Å²) in [4.78, 5) is 14.0. The second-order valence-corrected chi connectivity index (χ2v) is 5.07. The van der Waals surface area contributed by atoms with Gasteiger partial charge in [-0.05, 0) is 25.8 Å². The van der Waals surface area contributed by atoms with E-state index in [1.165, 1.54) is 0 Å². The molecule has 0 spiro atoms. The van der Waals surface area contributed by atoms with Gasteiger partial charge in [0.05, 0.1) is 18.7 Å². The normalized spacial score (nSPS) is 34.0. The highest BCUT2D eigenvalue weighted by Gasteiger charge is 2.33. The van der Waals surface area contributed by atoms with Crippen LogP contribution in [0.15, 0.2) is 0 Å². The third-order valence-electron chi connectivity index (χ3n) is 3.89. The summed E-state index contributed by atoms with van der Waals surface area (Å²) in [5, 5.41) is 12.9. The minimum atomic E-state index is -0.448. The van der Waals surface area contributed by atoms with Crippen LogP contribution in [0.25, 0.3) is 0 Å². The maximum Gasteiger partial charge on any atom is 0.227 e. The largest absolute Gasteiger partial charge is 0.393 e. The number of amides is 1. The lowest BCUT2D eigenvalue weighted by molar-refractivity contribution is -0.138. The van der Waals surface area contributed by atoms with Crippen molar-refractivity contribution in [2.24, 2.45) is 11.8 Å². The summed E-state index contributed by atoms with van der Waals surface area (Å²) in [6.07, 6.45) is 1.38. The van der Waals surface area contributed by atoms with E-state index in [-0.39, 0.29) is 17.7 Å². The first-order valence-electron chi connectivity index (χ1n) is 6.46. The second kappa shape index (κ2) is 5.78. The quantitative estimate of drug-likeness (QED) is 0.744. The van der Waals surface area contributed by atoms with Gasteiger partial charge < -0.3 is 15.3 Å². The van der Waals surface area contributed by atoms with Crippen LogP contribution in [0.2, 0.25) is 0 Å². The van der Waals surface area contributed by atoms with E-state index in [2.05, 4.69) is 5.32 Å². The Morgan fingerprint density at radius 3 is 2.94 bits per heavy atom. The number of aliphatic hydroxyl groups is 1. The van der Waals surface area contributed by atoms with Crippen LogP contribution in [0.5, 0.6) is 0 Å². The molecule has 5 heteroatoms. The Morgan fingerprint density at radius 1 is 1.47 bits per heavy atom. The number of aliphatic hydroxyl groups excluding tert-OH is 1. The molecule has 0 radical (unpaired) electrons. The molecule has 1 amide bonds. The molecular weight excluding hydrogens is 223 g/mol. The van der Waals surface area contributed by atoms with Crippen LogP contribution in [0.4, 0.5) is 4.39 Å². The van der Waals surface area contributed by atoms with Gasteiger partial charge in [0.25, 0.3) is 0 Å². The van der Waals surface area contributed by atoms with Crippen molar-refractivity contribution in [2.45, 2.75) is 25.4 Å². The van der Waals surface area contributed by atoms with E-state index in [0.29, 0.717) is 25.9 Å². The van der Waals surface area contributed by atoms with Gasteiger partial charge in [-0.3, -0.25) is 9.18 Å². The first kappa shape index (κ1) is 12.8. The Bertz CT molecular complexity index is 269. The number of nitrogens with zero attached hydrogens (tertiary/aromatic N) is 1. The molecule has 0 aromatic rings. The molecule has 0 unspecified atom stereocenters. The Kier molecular flexibility index (Phi) is 4.34. The maximum atomic E-state index is 12.4. The van der Waals surface area contributed by atoms with Crippen molar-refractivity contribution in [3.63, 3.8) is 0 Å². The molecule has 2 saturated heterocycles. The predicted molar refractivity (Wildman–Crippen MR) is 62.3 cm³/mol. The molecular formula is C12H21FN2O2. The molecule has 2 aliphatic heterocycles. The van der Waals surface area contributed by atoms with Crippen LogP contribution in [0.3, 0.4) is 0 Å². The number of halogens is 1. The zero-order chi connectivity index (χ0) is 12.3. The summed E-state index contributed by atoms with van der Waals surface area (Å²) in [6, 6.07) is 0. The summed E-state index contributed by atoms with van der Waals surface area (Å²) in [6.45, 7) is 2.36. The van der Waals surface area contributed by atoms with E-state index in [1.54, 1.807) is 0 Å². The molecule has 0 aliphatic carbocycles. The lowest BCUT2D eigenvalue weighted by atomic mass is 9.91. The molecule has 0 aromatic carbocycles. The van der Waals surface area contributed by atoms with E-state index >= 15 is 0 Å². The molecule has 17 heavy (non-hydrogen) atoms. The summed E-state index contributed by atoms with van der Waals surface area (Å²) in [5.74, 6) is 0.161. The average molecular weight is 244 g/mol. The highest BCUT2D eigenvalue weighted by Crippen LogP contribution is 2.23. The van der Waals surface area contributed by atoms with E-state index in [0.717, 1.165) is 19.5 Å². The standard InChI is InChI=1S/C12H21FN2O2/c13-4-1-10-8-15(6-3-11(10)16)12(17)9-2-5-14-7-9/h9-11,14,16H,1-8H2/t9-,10+,11-/m1/s1. The fourth-order valence-corrected chi connectivity index (χ4v) is 2.77. The van der Waals surface area contributed by atoms with E-state index < -0.39 is 12.8 Å². The number of likely N-dealkylation sites (tertiary alicyclic amines) is 1. The number of hydrogen-bond acceptors (Lipinski definition) is 3. The van der Waals surface area contributed by atoms with Gasteiger partial charge in [0.2, 0.25) is 5.91 Å². The fourth-order valence-electron chi connectivity index (χ4n) is 2.77. The number of piperidine rings is 1. The maximum absolute atomic E-state index is 12.4. The Hall–Kier alpha value is -0.680. The smallest absolute Gasteiger partial charge is 0.227 e. The monoisotopic (exact) mass is 244 g/mol. The van der Waals surface area contributed by atoms with E-state index in [4.69, 9.17) is 0 Å². The molecule has 0 saturated carbocycles. The molecule has 4 nitrogen and oxygen atoms in total. The van der Waals surface area contributed by atoms with Crippen LogP contribution in [0, 0.1) is 11.8 Å². The van der Waals surface area contributed by atoms with Gasteiger partial charge in [-0.2, -0.15) is 0 Å². The Labute approximate surface area is 101 Å². The summed E-state index contributed by atoms with van der Waals surface area (Å²) < 4.78 is 12.4. The summed E-state index contributed by atoms with van der Waals surface area (Å²) >= 11 is 0. The first-order chi connectivity index (χ1) is 8.22. The van der Waals surface area contributed by atoms with Crippen molar-refractivity contribution in [3.05, 3.63) is 0 Å². The van der Waals surface area contributed by atoms with Crippen molar-refractivity contribution in [1.29, 1.82) is 0 Å². The lowest BCUT2D eigenvalue weighted by Gasteiger charge is -2.37.